The molecule has 0 saturated heterocycles. The van der Waals surface area contributed by atoms with Crippen molar-refractivity contribution in [3.63, 3.8) is 0 Å². The van der Waals surface area contributed by atoms with Crippen LogP contribution >= 0.6 is 11.3 Å². The highest BCUT2D eigenvalue weighted by atomic mass is 32.1. The van der Waals surface area contributed by atoms with Crippen LogP contribution in [0.5, 0.6) is 5.75 Å². The van der Waals surface area contributed by atoms with Crippen molar-refractivity contribution < 1.29 is 31.9 Å². The number of nitrogens with two attached hydrogens (primary N) is 1. The smallest absolute Gasteiger partial charge is 0.433 e. The first kappa shape index (κ1) is 24.3. The number of alkyl halides is 3. The molecule has 11 heteroatoms. The lowest BCUT2D eigenvalue weighted by Crippen LogP contribution is -2.16. The Hall–Kier alpha value is -3.86. The van der Waals surface area contributed by atoms with Crippen LogP contribution < -0.4 is 15.8 Å². The Morgan fingerprint density at radius 3 is 2.43 bits per heavy atom. The van der Waals surface area contributed by atoms with Gasteiger partial charge in [-0.2, -0.15) is 13.2 Å². The van der Waals surface area contributed by atoms with Gasteiger partial charge in [0, 0.05) is 5.39 Å². The van der Waals surface area contributed by atoms with E-state index in [1.807, 2.05) is 32.0 Å². The molecule has 0 bridgehead atoms. The maximum atomic E-state index is 13.2. The number of halogens is 3. The number of carbonyl (C=O) groups is 2. The van der Waals surface area contributed by atoms with E-state index in [9.17, 15) is 22.8 Å². The SMILES string of the molecule is Cc1cccc(C)c1OCc1ccc(C(=O)Nc2c(C(N)=O)sc3nc(C(F)(F)F)cc(C)c23)o1. The maximum Gasteiger partial charge on any atom is 0.433 e. The lowest BCUT2D eigenvalue weighted by molar-refractivity contribution is -0.141. The number of nitrogens with one attached hydrogen (secondary N) is 1. The van der Waals surface area contributed by atoms with Gasteiger partial charge >= 0.3 is 6.18 Å². The highest BCUT2D eigenvalue weighted by Crippen LogP contribution is 2.40. The van der Waals surface area contributed by atoms with Gasteiger partial charge in [0.25, 0.3) is 11.8 Å². The zero-order valence-corrected chi connectivity index (χ0v) is 19.7. The molecule has 35 heavy (non-hydrogen) atoms. The molecule has 0 spiro atoms. The summed E-state index contributed by atoms with van der Waals surface area (Å²) in [5.41, 5.74) is 6.40. The minimum Gasteiger partial charge on any atom is -0.485 e. The number of hydrogen-bond acceptors (Lipinski definition) is 6. The van der Waals surface area contributed by atoms with E-state index in [4.69, 9.17) is 14.9 Å². The first-order valence-electron chi connectivity index (χ1n) is 10.4. The van der Waals surface area contributed by atoms with Gasteiger partial charge in [-0.25, -0.2) is 4.98 Å². The third-order valence-corrected chi connectivity index (χ3v) is 6.36. The number of nitrogens with zero attached hydrogens (tertiary/aromatic N) is 1. The van der Waals surface area contributed by atoms with Crippen LogP contribution in [0, 0.1) is 20.8 Å². The molecule has 0 unspecified atom stereocenters. The van der Waals surface area contributed by atoms with Crippen LogP contribution in [-0.2, 0) is 12.8 Å². The van der Waals surface area contributed by atoms with Gasteiger partial charge in [-0.1, -0.05) is 18.2 Å². The number of pyridine rings is 1. The fourth-order valence-corrected chi connectivity index (χ4v) is 4.70. The van der Waals surface area contributed by atoms with Gasteiger partial charge in [-0.3, -0.25) is 9.59 Å². The summed E-state index contributed by atoms with van der Waals surface area (Å²) in [6.07, 6.45) is -4.66. The molecule has 0 atom stereocenters. The number of primary amides is 1. The Balaban J connectivity index is 1.60. The number of anilines is 1. The van der Waals surface area contributed by atoms with E-state index < -0.39 is 23.7 Å². The van der Waals surface area contributed by atoms with Crippen LogP contribution in [0.3, 0.4) is 0 Å². The average Bonchev–Trinajstić information content (AvgIpc) is 3.38. The molecule has 182 valence electrons. The maximum absolute atomic E-state index is 13.2. The van der Waals surface area contributed by atoms with E-state index in [1.165, 1.54) is 13.0 Å². The summed E-state index contributed by atoms with van der Waals surface area (Å²) >= 11 is 0.676. The second-order valence-corrected chi connectivity index (χ2v) is 8.90. The molecule has 3 aromatic heterocycles. The van der Waals surface area contributed by atoms with Gasteiger partial charge in [0.05, 0.1) is 5.69 Å². The molecule has 7 nitrogen and oxygen atoms in total. The Morgan fingerprint density at radius 1 is 1.11 bits per heavy atom. The summed E-state index contributed by atoms with van der Waals surface area (Å²) in [5.74, 6) is -0.580. The highest BCUT2D eigenvalue weighted by Gasteiger charge is 2.34. The van der Waals surface area contributed by atoms with Crippen molar-refractivity contribution in [3.8, 4) is 5.75 Å². The quantitative estimate of drug-likeness (QED) is 0.348. The van der Waals surface area contributed by atoms with Gasteiger partial charge in [0.15, 0.2) is 5.76 Å². The molecular weight excluding hydrogens is 483 g/mol. The van der Waals surface area contributed by atoms with E-state index in [2.05, 4.69) is 10.3 Å². The van der Waals surface area contributed by atoms with Gasteiger partial charge in [0.1, 0.15) is 33.5 Å². The largest absolute Gasteiger partial charge is 0.485 e. The zero-order valence-electron chi connectivity index (χ0n) is 18.9. The summed E-state index contributed by atoms with van der Waals surface area (Å²) < 4.78 is 50.9. The predicted molar refractivity (Wildman–Crippen MR) is 125 cm³/mol. The van der Waals surface area contributed by atoms with Crippen LogP contribution in [0.4, 0.5) is 18.9 Å². The van der Waals surface area contributed by atoms with Gasteiger partial charge < -0.3 is 20.2 Å². The number of ether oxygens (including phenoxy) is 1. The second-order valence-electron chi connectivity index (χ2n) is 7.90. The van der Waals surface area contributed by atoms with E-state index in [0.29, 0.717) is 22.8 Å². The molecule has 3 heterocycles. The molecule has 0 aliphatic carbocycles. The normalized spacial score (nSPS) is 11.6. The number of furan rings is 1. The zero-order chi connectivity index (χ0) is 25.5. The van der Waals surface area contributed by atoms with Crippen LogP contribution in [0.15, 0.2) is 40.8 Å². The van der Waals surface area contributed by atoms with Crippen LogP contribution in [0.2, 0.25) is 0 Å². The number of benzene rings is 1. The second kappa shape index (κ2) is 9.06. The van der Waals surface area contributed by atoms with Gasteiger partial charge in [0.2, 0.25) is 0 Å². The number of amides is 2. The first-order valence-corrected chi connectivity index (χ1v) is 11.2. The first-order chi connectivity index (χ1) is 16.5. The molecule has 0 fully saturated rings. The minimum atomic E-state index is -4.66. The van der Waals surface area contributed by atoms with Crippen molar-refractivity contribution in [2.75, 3.05) is 5.32 Å². The lowest BCUT2D eigenvalue weighted by atomic mass is 10.1. The van der Waals surface area contributed by atoms with Gasteiger partial charge in [-0.15, -0.1) is 11.3 Å². The van der Waals surface area contributed by atoms with Gasteiger partial charge in [-0.05, 0) is 55.7 Å². The molecular formula is C24H20F3N3O4S. The molecule has 0 aliphatic heterocycles. The summed E-state index contributed by atoms with van der Waals surface area (Å²) in [4.78, 5) is 28.3. The van der Waals surface area contributed by atoms with E-state index in [0.717, 1.165) is 17.2 Å². The third kappa shape index (κ3) is 4.85. The Kier molecular flexibility index (Phi) is 6.28. The number of thiophene rings is 1. The van der Waals surface area contributed by atoms with E-state index in [-0.39, 0.29) is 38.7 Å². The number of carbonyl (C=O) groups excluding carboxylic acids is 2. The topological polar surface area (TPSA) is 107 Å². The van der Waals surface area contributed by atoms with Crippen molar-refractivity contribution in [1.82, 2.24) is 4.98 Å². The van der Waals surface area contributed by atoms with Crippen molar-refractivity contribution in [3.05, 3.63) is 75.2 Å². The molecule has 1 aromatic carbocycles. The Bertz CT molecular complexity index is 1440. The van der Waals surface area contributed by atoms with Crippen LogP contribution in [-0.4, -0.2) is 16.8 Å². The number of hydrogen-bond donors (Lipinski definition) is 2. The number of aryl methyl sites for hydroxylation is 3. The molecule has 4 rings (SSSR count). The number of aromatic nitrogens is 1. The predicted octanol–water partition coefficient (Wildman–Crippen LogP) is 5.76. The number of rotatable bonds is 6. The number of fused-ring (bicyclic) bond motifs is 1. The summed E-state index contributed by atoms with van der Waals surface area (Å²) in [5, 5.41) is 2.75. The fourth-order valence-electron chi connectivity index (χ4n) is 3.64. The molecule has 3 N–H and O–H groups in total. The lowest BCUT2D eigenvalue weighted by Gasteiger charge is -2.10. The summed E-state index contributed by atoms with van der Waals surface area (Å²) in [6, 6.07) is 9.61. The van der Waals surface area contributed by atoms with Crippen LogP contribution in [0.25, 0.3) is 10.2 Å². The van der Waals surface area contributed by atoms with Crippen molar-refractivity contribution in [2.24, 2.45) is 5.73 Å². The fraction of sp³-hybridized carbons (Fsp3) is 0.208. The van der Waals surface area contributed by atoms with Crippen LogP contribution in [0.1, 0.15) is 48.4 Å². The van der Waals surface area contributed by atoms with E-state index in [1.54, 1.807) is 6.07 Å². The minimum absolute atomic E-state index is 0.00837. The average molecular weight is 504 g/mol. The van der Waals surface area contributed by atoms with Crippen molar-refractivity contribution >= 4 is 39.1 Å². The van der Waals surface area contributed by atoms with E-state index >= 15 is 0 Å². The Labute approximate surface area is 201 Å². The summed E-state index contributed by atoms with van der Waals surface area (Å²) in [7, 11) is 0. The Morgan fingerprint density at radius 2 is 1.80 bits per heavy atom. The molecule has 2 amide bonds. The third-order valence-electron chi connectivity index (χ3n) is 5.26. The molecule has 0 radical (unpaired) electrons. The number of para-hydroxylation sites is 1. The van der Waals surface area contributed by atoms with Crippen molar-refractivity contribution in [2.45, 2.75) is 33.6 Å². The summed E-state index contributed by atoms with van der Waals surface area (Å²) in [6.45, 7) is 5.34. The highest BCUT2D eigenvalue weighted by molar-refractivity contribution is 7.21. The molecule has 4 aromatic rings. The van der Waals surface area contributed by atoms with Crippen molar-refractivity contribution in [1.29, 1.82) is 0 Å². The molecule has 0 aliphatic rings. The standard InChI is InChI=1S/C24H20F3N3O4S/c1-11-5-4-6-12(2)19(11)33-10-14-7-8-15(34-14)22(32)30-18-17-13(3)9-16(24(25,26)27)29-23(17)35-20(18)21(28)31/h4-9H,10H2,1-3H3,(H2,28,31)(H,30,32). The monoisotopic (exact) mass is 503 g/mol. The molecule has 0 saturated carbocycles.